The topological polar surface area (TPSA) is 112 Å². The molecular weight excluding hydrogens is 1590 g/mol. The van der Waals surface area contributed by atoms with Crippen molar-refractivity contribution in [3.8, 4) is 68.3 Å². The third kappa shape index (κ3) is 16.2. The van der Waals surface area contributed by atoms with Gasteiger partial charge >= 0.3 is 0 Å². The van der Waals surface area contributed by atoms with Gasteiger partial charge in [0.15, 0.2) is 17.5 Å². The molecule has 0 fully saturated rings. The normalized spacial score (nSPS) is 11.5. The zero-order valence-electron chi connectivity index (χ0n) is 56.2. The number of hydrogen-bond donors (Lipinski definition) is 2. The molecule has 0 bridgehead atoms. The third-order valence-corrected chi connectivity index (χ3v) is 17.8. The maximum atomic E-state index is 8.56. The van der Waals surface area contributed by atoms with Crippen molar-refractivity contribution in [2.24, 2.45) is 0 Å². The number of fused-ring (bicyclic) bond motifs is 6. The number of hydrogen-bond acceptors (Lipinski definition) is 6. The molecule has 0 spiro atoms. The standard InChI is InChI=1S/C39H36N4.C39H35N4.C5H12O2.5CH4.2Ir/c2*1-25(2)30-17-12-18-31(26(3)4)37(30)43-38(40-41-39(43)32-14-7-6-13-27(32)5)28-21-23-29(24-22-28)42-35-19-10-8-15-33(35)34-16-9-11-20-36(34)42;1-4(6)3-5(2)7;;;;;;;/h6-26H,1-5H3;6-21,23-26H,1-5H3;4-7H,3H2,1-2H3;5*1H4;;/q;-1;;;;;;;;. The van der Waals surface area contributed by atoms with E-state index in [0.717, 1.165) is 56.9 Å². The average Bonchev–Trinajstić information content (AvgIpc) is 1.55. The SMILES string of the molecule is C.C.C.C.C.CC(O)CC(C)O.Cc1ccccc1-c1nnc(-c2[c-]cc(-n3c4ccccc4c4ccccc43)cc2)n1-c1c(C(C)C)cccc1C(C)C.Cc1ccccc1-c1nnc(-c2ccc(-n3c4ccccc4c4ccccc43)cc2)n1-c1c(C(C)C)cccc1C(C)C.[Ir].[Ir]. The molecule has 2 radical (unpaired) electrons. The molecule has 526 valence electrons. The minimum atomic E-state index is -0.375. The molecule has 4 heterocycles. The van der Waals surface area contributed by atoms with E-state index in [1.165, 1.54) is 88.4 Å². The fourth-order valence-electron chi connectivity index (χ4n) is 13.2. The minimum absolute atomic E-state index is 0. The first kappa shape index (κ1) is 82.0. The molecule has 14 aromatic rings. The molecular formula is C88H103Ir2N8O2-. The average molecular weight is 1690 g/mol. The summed E-state index contributed by atoms with van der Waals surface area (Å²) in [6.07, 6.45) is -0.278. The number of aryl methyl sites for hydroxylation is 2. The van der Waals surface area contributed by atoms with Crippen LogP contribution in [0.2, 0.25) is 0 Å². The Bertz CT molecular complexity index is 4480. The second-order valence-electron chi connectivity index (χ2n) is 25.9. The van der Waals surface area contributed by atoms with Gasteiger partial charge in [-0.15, -0.1) is 45.1 Å². The Kier molecular flexibility index (Phi) is 29.1. The van der Waals surface area contributed by atoms with Crippen molar-refractivity contribution < 1.29 is 50.4 Å². The van der Waals surface area contributed by atoms with E-state index in [9.17, 15) is 0 Å². The van der Waals surface area contributed by atoms with Crippen LogP contribution in [0.4, 0.5) is 0 Å². The molecule has 12 heteroatoms. The van der Waals surface area contributed by atoms with Gasteiger partial charge in [0.05, 0.1) is 34.8 Å². The molecule has 0 aliphatic heterocycles. The fourth-order valence-corrected chi connectivity index (χ4v) is 13.2. The number of aliphatic hydroxyl groups is 2. The van der Waals surface area contributed by atoms with Gasteiger partial charge in [-0.05, 0) is 145 Å². The summed E-state index contributed by atoms with van der Waals surface area (Å²) in [6, 6.07) is 83.5. The Morgan fingerprint density at radius 2 is 0.640 bits per heavy atom. The zero-order valence-corrected chi connectivity index (χ0v) is 61.0. The molecule has 0 aliphatic rings. The third-order valence-electron chi connectivity index (χ3n) is 17.8. The Morgan fingerprint density at radius 1 is 0.330 bits per heavy atom. The van der Waals surface area contributed by atoms with Crippen LogP contribution < -0.4 is 0 Å². The maximum absolute atomic E-state index is 8.56. The van der Waals surface area contributed by atoms with E-state index >= 15 is 0 Å². The van der Waals surface area contributed by atoms with Crippen LogP contribution in [0.25, 0.3) is 112 Å². The number of nitrogens with zero attached hydrogens (tertiary/aromatic N) is 8. The molecule has 0 saturated carbocycles. The zero-order chi connectivity index (χ0) is 65.2. The van der Waals surface area contributed by atoms with Crippen LogP contribution in [0, 0.1) is 19.9 Å². The smallest absolute Gasteiger partial charge is 0.169 e. The molecule has 0 amide bonds. The van der Waals surface area contributed by atoms with Gasteiger partial charge in [-0.3, -0.25) is 4.57 Å². The van der Waals surface area contributed by atoms with Crippen LogP contribution in [0.3, 0.4) is 0 Å². The van der Waals surface area contributed by atoms with E-state index in [1.54, 1.807) is 13.8 Å². The number of benzene rings is 10. The van der Waals surface area contributed by atoms with Crippen molar-refractivity contribution in [2.75, 3.05) is 0 Å². The van der Waals surface area contributed by atoms with Crippen molar-refractivity contribution in [2.45, 2.75) is 163 Å². The molecule has 100 heavy (non-hydrogen) atoms. The Labute approximate surface area is 623 Å². The fraction of sp³-hybridized carbons (Fsp3) is 0.273. The summed E-state index contributed by atoms with van der Waals surface area (Å²) >= 11 is 0. The van der Waals surface area contributed by atoms with Crippen LogP contribution in [0.1, 0.15) is 170 Å². The van der Waals surface area contributed by atoms with Gasteiger partial charge in [0.2, 0.25) is 0 Å². The number of aliphatic hydroxyl groups excluding tert-OH is 2. The molecule has 10 aromatic carbocycles. The molecule has 0 saturated heterocycles. The van der Waals surface area contributed by atoms with Crippen LogP contribution in [0.5, 0.6) is 0 Å². The van der Waals surface area contributed by atoms with Gasteiger partial charge in [-0.2, -0.15) is 5.10 Å². The molecule has 2 N–H and O–H groups in total. The van der Waals surface area contributed by atoms with Crippen LogP contribution in [-0.2, 0) is 40.2 Å². The monoisotopic (exact) mass is 1690 g/mol. The van der Waals surface area contributed by atoms with Crippen molar-refractivity contribution in [3.63, 3.8) is 0 Å². The van der Waals surface area contributed by atoms with Gasteiger partial charge in [0, 0.05) is 101 Å². The van der Waals surface area contributed by atoms with E-state index in [4.69, 9.17) is 30.6 Å². The largest absolute Gasteiger partial charge is 0.393 e. The van der Waals surface area contributed by atoms with Crippen LogP contribution >= 0.6 is 0 Å². The summed E-state index contributed by atoms with van der Waals surface area (Å²) in [7, 11) is 0. The van der Waals surface area contributed by atoms with Gasteiger partial charge < -0.3 is 23.9 Å². The summed E-state index contributed by atoms with van der Waals surface area (Å²) < 4.78 is 9.25. The summed E-state index contributed by atoms with van der Waals surface area (Å²) in [5.41, 5.74) is 20.9. The molecule has 14 rings (SSSR count). The molecule has 10 nitrogen and oxygen atoms in total. The van der Waals surface area contributed by atoms with Gasteiger partial charge in [-0.1, -0.05) is 250 Å². The number of rotatable bonds is 14. The Balaban J connectivity index is 0.000000309. The first-order valence-electron chi connectivity index (χ1n) is 32.8. The minimum Gasteiger partial charge on any atom is -0.393 e. The first-order chi connectivity index (χ1) is 45.0. The van der Waals surface area contributed by atoms with Crippen molar-refractivity contribution in [1.29, 1.82) is 0 Å². The summed E-state index contributed by atoms with van der Waals surface area (Å²) in [5, 5.41) is 41.6. The van der Waals surface area contributed by atoms with E-state index in [1.807, 2.05) is 0 Å². The van der Waals surface area contributed by atoms with E-state index < -0.39 is 0 Å². The van der Waals surface area contributed by atoms with E-state index in [-0.39, 0.29) is 89.6 Å². The van der Waals surface area contributed by atoms with Crippen LogP contribution in [-0.4, -0.2) is 61.1 Å². The van der Waals surface area contributed by atoms with Gasteiger partial charge in [-0.25, -0.2) is 0 Å². The van der Waals surface area contributed by atoms with E-state index in [2.05, 4.69) is 318 Å². The summed E-state index contributed by atoms with van der Waals surface area (Å²) in [6.45, 7) is 25.7. The second-order valence-corrected chi connectivity index (χ2v) is 25.9. The molecule has 0 aliphatic carbocycles. The predicted octanol–water partition coefficient (Wildman–Crippen LogP) is 23.6. The number of aromatic nitrogens is 8. The second kappa shape index (κ2) is 35.6. The summed E-state index contributed by atoms with van der Waals surface area (Å²) in [5.74, 6) is 4.70. The Morgan fingerprint density at radius 3 is 0.970 bits per heavy atom. The van der Waals surface area contributed by atoms with Crippen molar-refractivity contribution in [1.82, 2.24) is 38.7 Å². The number of para-hydroxylation sites is 6. The predicted molar refractivity (Wildman–Crippen MR) is 419 cm³/mol. The first-order valence-corrected chi connectivity index (χ1v) is 32.8. The van der Waals surface area contributed by atoms with Gasteiger partial charge in [0.1, 0.15) is 0 Å². The molecule has 4 aromatic heterocycles. The Hall–Kier alpha value is -8.70. The molecule has 2 unspecified atom stereocenters. The maximum Gasteiger partial charge on any atom is 0.169 e. The summed E-state index contributed by atoms with van der Waals surface area (Å²) in [4.78, 5) is 0. The van der Waals surface area contributed by atoms with Gasteiger partial charge in [0.25, 0.3) is 0 Å². The van der Waals surface area contributed by atoms with E-state index in [0.29, 0.717) is 30.1 Å². The quantitative estimate of drug-likeness (QED) is 0.105. The van der Waals surface area contributed by atoms with Crippen molar-refractivity contribution >= 4 is 43.6 Å². The molecule has 2 atom stereocenters. The van der Waals surface area contributed by atoms with Crippen molar-refractivity contribution in [3.05, 3.63) is 264 Å². The van der Waals surface area contributed by atoms with Crippen LogP contribution in [0.15, 0.2) is 224 Å².